The van der Waals surface area contributed by atoms with Crippen LogP contribution in [0.4, 0.5) is 0 Å². The van der Waals surface area contributed by atoms with Crippen molar-refractivity contribution in [3.63, 3.8) is 0 Å². The molecule has 4 aromatic rings. The average Bonchev–Trinajstić information content (AvgIpc) is 3.30. The number of hydrogen-bond acceptors (Lipinski definition) is 6. The lowest BCUT2D eigenvalue weighted by Crippen LogP contribution is -2.37. The van der Waals surface area contributed by atoms with Crippen LogP contribution in [-0.2, 0) is 14.1 Å². The van der Waals surface area contributed by atoms with E-state index >= 15 is 0 Å². The quantitative estimate of drug-likeness (QED) is 0.553. The number of hydrogen-bond donors (Lipinski definition) is 0. The maximum atomic E-state index is 12.5. The number of aromatic nitrogens is 4. The molecule has 0 unspecified atom stereocenters. The molecule has 0 aromatic carbocycles. The largest absolute Gasteiger partial charge is 0.332 e. The van der Waals surface area contributed by atoms with E-state index in [1.807, 2.05) is 35.0 Å². The number of rotatable bonds is 2. The van der Waals surface area contributed by atoms with E-state index in [2.05, 4.69) is 9.97 Å². The van der Waals surface area contributed by atoms with Gasteiger partial charge in [-0.05, 0) is 22.9 Å². The predicted octanol–water partition coefficient (Wildman–Crippen LogP) is 2.48. The van der Waals surface area contributed by atoms with Gasteiger partial charge in [0, 0.05) is 14.1 Å². The van der Waals surface area contributed by atoms with E-state index in [0.29, 0.717) is 17.0 Å². The Balaban J connectivity index is 2.19. The molecule has 0 amide bonds. The highest BCUT2D eigenvalue weighted by Gasteiger charge is 2.19. The zero-order valence-corrected chi connectivity index (χ0v) is 14.5. The third kappa shape index (κ3) is 2.15. The first-order valence-corrected chi connectivity index (χ1v) is 8.89. The van der Waals surface area contributed by atoms with Crippen LogP contribution in [0.3, 0.4) is 0 Å². The first-order valence-electron chi connectivity index (χ1n) is 7.13. The van der Waals surface area contributed by atoms with Crippen molar-refractivity contribution >= 4 is 33.8 Å². The van der Waals surface area contributed by atoms with E-state index in [1.54, 1.807) is 18.4 Å². The Morgan fingerprint density at radius 3 is 2.00 bits per heavy atom. The lowest BCUT2D eigenvalue weighted by Gasteiger charge is -2.10. The molecule has 120 valence electrons. The second kappa shape index (κ2) is 5.50. The summed E-state index contributed by atoms with van der Waals surface area (Å²) in [6.07, 6.45) is 0. The predicted molar refractivity (Wildman–Crippen MR) is 96.6 cm³/mol. The fourth-order valence-corrected chi connectivity index (χ4v) is 3.97. The number of fused-ring (bicyclic) bond motifs is 1. The third-order valence-electron chi connectivity index (χ3n) is 3.79. The molecule has 24 heavy (non-hydrogen) atoms. The van der Waals surface area contributed by atoms with E-state index in [0.717, 1.165) is 14.3 Å². The minimum absolute atomic E-state index is 0.198. The summed E-state index contributed by atoms with van der Waals surface area (Å²) in [5.41, 5.74) is 0.993. The SMILES string of the molecule is Cn1c(=O)c2nc(-c3cccs3)c(-c3cccs3)nc2n(C)c1=O. The molecule has 0 spiro atoms. The van der Waals surface area contributed by atoms with Crippen LogP contribution in [0.25, 0.3) is 32.3 Å². The van der Waals surface area contributed by atoms with Crippen LogP contribution in [0.2, 0.25) is 0 Å². The highest BCUT2D eigenvalue weighted by Crippen LogP contribution is 2.34. The smallest absolute Gasteiger partial charge is 0.279 e. The highest BCUT2D eigenvalue weighted by atomic mass is 32.1. The molecule has 4 rings (SSSR count). The molecular weight excluding hydrogens is 344 g/mol. The molecule has 0 aliphatic heterocycles. The van der Waals surface area contributed by atoms with Crippen molar-refractivity contribution in [2.75, 3.05) is 0 Å². The van der Waals surface area contributed by atoms with Gasteiger partial charge in [0.25, 0.3) is 5.56 Å². The van der Waals surface area contributed by atoms with Crippen molar-refractivity contribution in [3.05, 3.63) is 55.9 Å². The molecule has 0 fully saturated rings. The molecule has 8 heteroatoms. The normalized spacial score (nSPS) is 11.2. The fourth-order valence-electron chi connectivity index (χ4n) is 2.54. The lowest BCUT2D eigenvalue weighted by molar-refractivity contribution is 0.705. The molecule has 0 saturated carbocycles. The summed E-state index contributed by atoms with van der Waals surface area (Å²) in [7, 11) is 3.05. The summed E-state index contributed by atoms with van der Waals surface area (Å²) in [5.74, 6) is 0. The number of aryl methyl sites for hydroxylation is 1. The van der Waals surface area contributed by atoms with Gasteiger partial charge in [-0.2, -0.15) is 0 Å². The zero-order chi connectivity index (χ0) is 16.8. The minimum atomic E-state index is -0.434. The van der Waals surface area contributed by atoms with Crippen molar-refractivity contribution in [1.29, 1.82) is 0 Å². The van der Waals surface area contributed by atoms with Crippen LogP contribution in [0.1, 0.15) is 0 Å². The van der Waals surface area contributed by atoms with Crippen LogP contribution >= 0.6 is 22.7 Å². The maximum Gasteiger partial charge on any atom is 0.332 e. The number of nitrogens with zero attached hydrogens (tertiary/aromatic N) is 4. The van der Waals surface area contributed by atoms with E-state index < -0.39 is 11.2 Å². The average molecular weight is 356 g/mol. The molecule has 6 nitrogen and oxygen atoms in total. The molecular formula is C16H12N4O2S2. The Morgan fingerprint density at radius 1 is 0.875 bits per heavy atom. The Bertz CT molecular complexity index is 1160. The van der Waals surface area contributed by atoms with Crippen molar-refractivity contribution in [1.82, 2.24) is 19.1 Å². The standard InChI is InChI=1S/C16H12N4O2S2/c1-19-14-13(15(21)20(2)16(19)22)17-11(9-5-3-7-23-9)12(18-14)10-6-4-8-24-10/h3-8H,1-2H3. The van der Waals surface area contributed by atoms with Crippen molar-refractivity contribution in [3.8, 4) is 21.1 Å². The molecule has 0 aliphatic rings. The van der Waals surface area contributed by atoms with Crippen LogP contribution in [-0.4, -0.2) is 19.1 Å². The van der Waals surface area contributed by atoms with Gasteiger partial charge < -0.3 is 0 Å². The topological polar surface area (TPSA) is 69.8 Å². The van der Waals surface area contributed by atoms with Gasteiger partial charge in [-0.25, -0.2) is 14.8 Å². The van der Waals surface area contributed by atoms with Gasteiger partial charge in [0.1, 0.15) is 11.4 Å². The summed E-state index contributed by atoms with van der Waals surface area (Å²) >= 11 is 3.08. The van der Waals surface area contributed by atoms with Crippen LogP contribution < -0.4 is 11.2 Å². The summed E-state index contributed by atoms with van der Waals surface area (Å²) < 4.78 is 2.42. The molecule has 0 radical (unpaired) electrons. The van der Waals surface area contributed by atoms with Crippen LogP contribution in [0.15, 0.2) is 44.6 Å². The molecule has 4 heterocycles. The van der Waals surface area contributed by atoms with E-state index in [1.165, 1.54) is 23.0 Å². The molecule has 0 bridgehead atoms. The van der Waals surface area contributed by atoms with Crippen LogP contribution in [0.5, 0.6) is 0 Å². The van der Waals surface area contributed by atoms with E-state index in [9.17, 15) is 9.59 Å². The first-order chi connectivity index (χ1) is 11.6. The van der Waals surface area contributed by atoms with Crippen molar-refractivity contribution in [2.45, 2.75) is 0 Å². The lowest BCUT2D eigenvalue weighted by atomic mass is 10.2. The van der Waals surface area contributed by atoms with Crippen molar-refractivity contribution < 1.29 is 0 Å². The number of thiophene rings is 2. The maximum absolute atomic E-state index is 12.5. The summed E-state index contributed by atoms with van der Waals surface area (Å²) in [4.78, 5) is 35.8. The second-order valence-corrected chi connectivity index (χ2v) is 7.15. The van der Waals surface area contributed by atoms with Gasteiger partial charge in [0.05, 0.1) is 9.75 Å². The van der Waals surface area contributed by atoms with Crippen LogP contribution in [0, 0.1) is 0 Å². The summed E-state index contributed by atoms with van der Waals surface area (Å²) in [6.45, 7) is 0. The summed E-state index contributed by atoms with van der Waals surface area (Å²) in [5, 5.41) is 3.92. The van der Waals surface area contributed by atoms with Crippen molar-refractivity contribution in [2.24, 2.45) is 14.1 Å². The molecule has 0 N–H and O–H groups in total. The van der Waals surface area contributed by atoms with Gasteiger partial charge in [-0.3, -0.25) is 13.9 Å². The fraction of sp³-hybridized carbons (Fsp3) is 0.125. The Morgan fingerprint density at radius 2 is 1.46 bits per heavy atom. The first kappa shape index (κ1) is 15.0. The molecule has 0 aliphatic carbocycles. The van der Waals surface area contributed by atoms with Gasteiger partial charge in [-0.15, -0.1) is 22.7 Å². The zero-order valence-electron chi connectivity index (χ0n) is 12.9. The Labute approximate surface area is 144 Å². The highest BCUT2D eigenvalue weighted by molar-refractivity contribution is 7.14. The van der Waals surface area contributed by atoms with Gasteiger partial charge in [0.15, 0.2) is 11.2 Å². The Kier molecular flexibility index (Phi) is 3.43. The summed E-state index contributed by atoms with van der Waals surface area (Å²) in [6, 6.07) is 7.77. The second-order valence-electron chi connectivity index (χ2n) is 5.25. The molecule has 0 atom stereocenters. The minimum Gasteiger partial charge on any atom is -0.279 e. The molecule has 0 saturated heterocycles. The van der Waals surface area contributed by atoms with Gasteiger partial charge in [0.2, 0.25) is 0 Å². The van der Waals surface area contributed by atoms with E-state index in [4.69, 9.17) is 0 Å². The molecule has 4 aromatic heterocycles. The van der Waals surface area contributed by atoms with Gasteiger partial charge >= 0.3 is 5.69 Å². The van der Waals surface area contributed by atoms with E-state index in [-0.39, 0.29) is 5.52 Å². The Hall–Kier alpha value is -2.58. The van der Waals surface area contributed by atoms with Gasteiger partial charge in [-0.1, -0.05) is 12.1 Å². The monoisotopic (exact) mass is 356 g/mol. The third-order valence-corrected chi connectivity index (χ3v) is 5.54.